The predicted octanol–water partition coefficient (Wildman–Crippen LogP) is 1.70. The Morgan fingerprint density at radius 3 is 2.80 bits per heavy atom. The average Bonchev–Trinajstić information content (AvgIpc) is 2.70. The Bertz CT molecular complexity index is 147. The highest BCUT2D eigenvalue weighted by molar-refractivity contribution is 5.03. The summed E-state index contributed by atoms with van der Waals surface area (Å²) in [5.74, 6) is 0. The number of rotatable bonds is 1. The van der Waals surface area contributed by atoms with E-state index in [9.17, 15) is 0 Å². The Balaban J connectivity index is 1.97. The molecule has 0 aromatic rings. The molecule has 0 aromatic carbocycles. The zero-order valence-corrected chi connectivity index (χ0v) is 6.40. The molecule has 1 atom stereocenters. The fraction of sp³-hybridized carbons (Fsp3) is 0.778. The third-order valence-electron chi connectivity index (χ3n) is 2.96. The first kappa shape index (κ1) is 6.41. The monoisotopic (exact) mass is 137 g/mol. The van der Waals surface area contributed by atoms with Crippen LogP contribution in [0.1, 0.15) is 25.7 Å². The molecular formula is C9H15N. The van der Waals surface area contributed by atoms with Crippen molar-refractivity contribution in [2.45, 2.75) is 31.7 Å². The molecule has 10 heavy (non-hydrogen) atoms. The van der Waals surface area contributed by atoms with E-state index in [2.05, 4.69) is 18.0 Å². The van der Waals surface area contributed by atoms with Crippen molar-refractivity contribution in [1.82, 2.24) is 5.32 Å². The van der Waals surface area contributed by atoms with Crippen LogP contribution in [0.2, 0.25) is 0 Å². The Morgan fingerprint density at radius 1 is 1.40 bits per heavy atom. The van der Waals surface area contributed by atoms with Gasteiger partial charge in [0.2, 0.25) is 0 Å². The molecule has 0 unspecified atom stereocenters. The van der Waals surface area contributed by atoms with Gasteiger partial charge in [0.1, 0.15) is 0 Å². The molecule has 2 fully saturated rings. The molecule has 1 aliphatic heterocycles. The van der Waals surface area contributed by atoms with Gasteiger partial charge in [0.15, 0.2) is 0 Å². The van der Waals surface area contributed by atoms with Crippen LogP contribution in [-0.2, 0) is 0 Å². The number of hydrogen-bond acceptors (Lipinski definition) is 1. The summed E-state index contributed by atoms with van der Waals surface area (Å²) in [6, 6.07) is 0.608. The molecule has 0 bridgehead atoms. The second-order valence-electron chi connectivity index (χ2n) is 3.75. The zero-order chi connectivity index (χ0) is 7.03. The first-order valence-corrected chi connectivity index (χ1v) is 4.21. The normalized spacial score (nSPS) is 35.8. The molecule has 56 valence electrons. The maximum Gasteiger partial charge on any atom is 0.0252 e. The van der Waals surface area contributed by atoms with Crippen LogP contribution >= 0.6 is 0 Å². The van der Waals surface area contributed by atoms with Gasteiger partial charge >= 0.3 is 0 Å². The zero-order valence-electron chi connectivity index (χ0n) is 6.40. The summed E-state index contributed by atoms with van der Waals surface area (Å²) in [4.78, 5) is 0. The van der Waals surface area contributed by atoms with E-state index in [1.54, 1.807) is 0 Å². The third kappa shape index (κ3) is 0.988. The number of piperidine rings is 1. The van der Waals surface area contributed by atoms with Crippen molar-refractivity contribution < 1.29 is 0 Å². The van der Waals surface area contributed by atoms with Gasteiger partial charge in [-0.05, 0) is 37.6 Å². The molecule has 2 rings (SSSR count). The largest absolute Gasteiger partial charge is 0.310 e. The predicted molar refractivity (Wildman–Crippen MR) is 42.9 cm³/mol. The number of nitrogens with one attached hydrogen (secondary N) is 1. The molecule has 1 saturated heterocycles. The SMILES string of the molecule is C=C[C@H]1CC2(CCN1)CC2. The summed E-state index contributed by atoms with van der Waals surface area (Å²) in [5, 5.41) is 3.45. The standard InChI is InChI=1S/C9H15N/c1-2-8-7-9(3-4-9)5-6-10-8/h2,8,10H,1,3-7H2/t8-/m0/s1. The van der Waals surface area contributed by atoms with Crippen LogP contribution in [0.25, 0.3) is 0 Å². The smallest absolute Gasteiger partial charge is 0.0252 e. The first-order valence-electron chi connectivity index (χ1n) is 4.21. The summed E-state index contributed by atoms with van der Waals surface area (Å²) in [6.45, 7) is 5.02. The fourth-order valence-electron chi connectivity index (χ4n) is 1.96. The van der Waals surface area contributed by atoms with E-state index in [4.69, 9.17) is 0 Å². The maximum atomic E-state index is 3.82. The molecule has 1 N–H and O–H groups in total. The van der Waals surface area contributed by atoms with E-state index in [0.29, 0.717) is 6.04 Å². The second kappa shape index (κ2) is 2.09. The molecule has 0 aromatic heterocycles. The highest BCUT2D eigenvalue weighted by Gasteiger charge is 2.44. The van der Waals surface area contributed by atoms with Crippen molar-refractivity contribution in [1.29, 1.82) is 0 Å². The van der Waals surface area contributed by atoms with E-state index in [0.717, 1.165) is 5.41 Å². The minimum atomic E-state index is 0.608. The minimum Gasteiger partial charge on any atom is -0.310 e. The van der Waals surface area contributed by atoms with Crippen LogP contribution in [0.3, 0.4) is 0 Å². The maximum absolute atomic E-state index is 3.82. The minimum absolute atomic E-state index is 0.608. The van der Waals surface area contributed by atoms with Crippen molar-refractivity contribution >= 4 is 0 Å². The van der Waals surface area contributed by atoms with Gasteiger partial charge < -0.3 is 5.32 Å². The quantitative estimate of drug-likeness (QED) is 0.542. The lowest BCUT2D eigenvalue weighted by molar-refractivity contribution is 0.314. The Kier molecular flexibility index (Phi) is 1.34. The van der Waals surface area contributed by atoms with E-state index < -0.39 is 0 Å². The number of hydrogen-bond donors (Lipinski definition) is 1. The van der Waals surface area contributed by atoms with Crippen LogP contribution in [0.4, 0.5) is 0 Å². The van der Waals surface area contributed by atoms with Gasteiger partial charge in [0, 0.05) is 6.04 Å². The van der Waals surface area contributed by atoms with Gasteiger partial charge in [-0.1, -0.05) is 6.08 Å². The van der Waals surface area contributed by atoms with Gasteiger partial charge in [-0.3, -0.25) is 0 Å². The fourth-order valence-corrected chi connectivity index (χ4v) is 1.96. The van der Waals surface area contributed by atoms with Gasteiger partial charge in [0.05, 0.1) is 0 Å². The molecule has 0 amide bonds. The summed E-state index contributed by atoms with van der Waals surface area (Å²) < 4.78 is 0. The lowest BCUT2D eigenvalue weighted by Crippen LogP contribution is -2.37. The van der Waals surface area contributed by atoms with Crippen LogP contribution in [0.5, 0.6) is 0 Å². The van der Waals surface area contributed by atoms with E-state index in [-0.39, 0.29) is 0 Å². The lowest BCUT2D eigenvalue weighted by atomic mass is 9.90. The van der Waals surface area contributed by atoms with Crippen molar-refractivity contribution in [3.05, 3.63) is 12.7 Å². The highest BCUT2D eigenvalue weighted by atomic mass is 14.9. The van der Waals surface area contributed by atoms with Crippen molar-refractivity contribution in [2.75, 3.05) is 6.54 Å². The van der Waals surface area contributed by atoms with Crippen LogP contribution in [0.15, 0.2) is 12.7 Å². The van der Waals surface area contributed by atoms with Crippen molar-refractivity contribution in [2.24, 2.45) is 5.41 Å². The topological polar surface area (TPSA) is 12.0 Å². The molecular weight excluding hydrogens is 122 g/mol. The van der Waals surface area contributed by atoms with Crippen LogP contribution in [-0.4, -0.2) is 12.6 Å². The summed E-state index contributed by atoms with van der Waals surface area (Å²) in [6.07, 6.45) is 7.74. The third-order valence-corrected chi connectivity index (χ3v) is 2.96. The summed E-state index contributed by atoms with van der Waals surface area (Å²) in [5.41, 5.74) is 0.768. The summed E-state index contributed by atoms with van der Waals surface area (Å²) in [7, 11) is 0. The van der Waals surface area contributed by atoms with Gasteiger partial charge in [-0.15, -0.1) is 6.58 Å². The molecule has 1 aliphatic carbocycles. The molecule has 1 heteroatoms. The molecule has 2 aliphatic rings. The molecule has 1 saturated carbocycles. The Hall–Kier alpha value is -0.300. The van der Waals surface area contributed by atoms with Gasteiger partial charge in [0.25, 0.3) is 0 Å². The van der Waals surface area contributed by atoms with Crippen molar-refractivity contribution in [3.63, 3.8) is 0 Å². The van der Waals surface area contributed by atoms with Crippen LogP contribution < -0.4 is 5.32 Å². The second-order valence-corrected chi connectivity index (χ2v) is 3.75. The molecule has 1 spiro atoms. The molecule has 0 radical (unpaired) electrons. The van der Waals surface area contributed by atoms with E-state index in [1.165, 1.54) is 32.2 Å². The van der Waals surface area contributed by atoms with Crippen LogP contribution in [0, 0.1) is 5.41 Å². The van der Waals surface area contributed by atoms with Crippen molar-refractivity contribution in [3.8, 4) is 0 Å². The highest BCUT2D eigenvalue weighted by Crippen LogP contribution is 2.53. The lowest BCUT2D eigenvalue weighted by Gasteiger charge is -2.28. The summed E-state index contributed by atoms with van der Waals surface area (Å²) >= 11 is 0. The first-order chi connectivity index (χ1) is 4.85. The Morgan fingerprint density at radius 2 is 2.20 bits per heavy atom. The molecule has 1 nitrogen and oxygen atoms in total. The van der Waals surface area contributed by atoms with Gasteiger partial charge in [-0.2, -0.15) is 0 Å². The van der Waals surface area contributed by atoms with E-state index in [1.807, 2.05) is 0 Å². The average molecular weight is 137 g/mol. The Labute approximate surface area is 62.5 Å². The van der Waals surface area contributed by atoms with E-state index >= 15 is 0 Å². The van der Waals surface area contributed by atoms with Gasteiger partial charge in [-0.25, -0.2) is 0 Å². The molecule has 1 heterocycles.